The normalized spacial score (nSPS) is 20.2. The van der Waals surface area contributed by atoms with Crippen LogP contribution in [-0.2, 0) is 21.4 Å². The van der Waals surface area contributed by atoms with Gasteiger partial charge in [-0.3, -0.25) is 4.79 Å². The summed E-state index contributed by atoms with van der Waals surface area (Å²) in [5, 5.41) is 3.04. The molecular weight excluding hydrogens is 450 g/mol. The van der Waals surface area contributed by atoms with Crippen LogP contribution in [0.15, 0.2) is 53.4 Å². The largest absolute Gasteiger partial charge is 0.497 e. The highest BCUT2D eigenvalue weighted by Crippen LogP contribution is 2.26. The lowest BCUT2D eigenvalue weighted by atomic mass is 9.97. The predicted molar refractivity (Wildman–Crippen MR) is 133 cm³/mol. The van der Waals surface area contributed by atoms with Gasteiger partial charge in [0.2, 0.25) is 15.9 Å². The summed E-state index contributed by atoms with van der Waals surface area (Å²) in [5.74, 6) is 1.17. The number of anilines is 1. The van der Waals surface area contributed by atoms with Gasteiger partial charge in [-0.1, -0.05) is 19.1 Å². The molecule has 0 aromatic heterocycles. The fraction of sp³-hybridized carbons (Fsp3) is 0.500. The van der Waals surface area contributed by atoms with E-state index in [9.17, 15) is 13.2 Å². The van der Waals surface area contributed by atoms with Crippen LogP contribution < -0.4 is 15.0 Å². The van der Waals surface area contributed by atoms with Crippen molar-refractivity contribution < 1.29 is 17.9 Å². The molecule has 2 heterocycles. The number of nitrogens with one attached hydrogen (secondary N) is 1. The average molecular weight is 486 g/mol. The van der Waals surface area contributed by atoms with E-state index in [2.05, 4.69) is 41.4 Å². The maximum atomic E-state index is 12.9. The summed E-state index contributed by atoms with van der Waals surface area (Å²) in [6.07, 6.45) is 3.58. The molecule has 4 rings (SSSR count). The molecule has 0 radical (unpaired) electrons. The fourth-order valence-electron chi connectivity index (χ4n) is 4.84. The van der Waals surface area contributed by atoms with Crippen molar-refractivity contribution in [3.63, 3.8) is 0 Å². The first-order valence-corrected chi connectivity index (χ1v) is 13.6. The first kappa shape index (κ1) is 24.5. The van der Waals surface area contributed by atoms with Gasteiger partial charge in [0.1, 0.15) is 5.75 Å². The molecule has 1 amide bonds. The molecule has 2 aliphatic heterocycles. The number of methoxy groups -OCH3 is 1. The van der Waals surface area contributed by atoms with E-state index < -0.39 is 10.0 Å². The summed E-state index contributed by atoms with van der Waals surface area (Å²) >= 11 is 0. The zero-order valence-electron chi connectivity index (χ0n) is 20.1. The molecule has 1 atom stereocenters. The van der Waals surface area contributed by atoms with E-state index in [1.54, 1.807) is 31.4 Å². The van der Waals surface area contributed by atoms with Crippen molar-refractivity contribution in [3.05, 3.63) is 54.1 Å². The van der Waals surface area contributed by atoms with Crippen LogP contribution in [0.1, 0.15) is 38.2 Å². The number of carbonyl (C=O) groups excluding carboxylic acids is 1. The number of ether oxygens (including phenoxy) is 1. The second-order valence-corrected chi connectivity index (χ2v) is 11.4. The van der Waals surface area contributed by atoms with E-state index in [-0.39, 0.29) is 16.7 Å². The minimum atomic E-state index is -3.57. The van der Waals surface area contributed by atoms with Gasteiger partial charge < -0.3 is 15.0 Å². The Hall–Kier alpha value is -2.58. The van der Waals surface area contributed by atoms with E-state index in [1.165, 1.54) is 22.8 Å². The summed E-state index contributed by atoms with van der Waals surface area (Å²) in [4.78, 5) is 15.4. The van der Waals surface area contributed by atoms with Crippen molar-refractivity contribution in [2.75, 3.05) is 38.2 Å². The smallest absolute Gasteiger partial charge is 0.243 e. The topological polar surface area (TPSA) is 79.0 Å². The summed E-state index contributed by atoms with van der Waals surface area (Å²) in [7, 11) is -2.02. The van der Waals surface area contributed by atoms with E-state index in [1.807, 2.05) is 0 Å². The van der Waals surface area contributed by atoms with E-state index in [0.717, 1.165) is 24.6 Å². The number of carbonyl (C=O) groups is 1. The third-order valence-electron chi connectivity index (χ3n) is 6.95. The van der Waals surface area contributed by atoms with Gasteiger partial charge in [-0.15, -0.1) is 0 Å². The molecule has 8 heteroatoms. The van der Waals surface area contributed by atoms with Gasteiger partial charge in [0, 0.05) is 44.3 Å². The fourth-order valence-corrected chi connectivity index (χ4v) is 6.31. The van der Waals surface area contributed by atoms with Crippen LogP contribution in [0, 0.1) is 11.8 Å². The quantitative estimate of drug-likeness (QED) is 0.648. The lowest BCUT2D eigenvalue weighted by Crippen LogP contribution is -2.42. The Morgan fingerprint density at radius 1 is 1.00 bits per heavy atom. The molecule has 7 nitrogen and oxygen atoms in total. The Balaban J connectivity index is 1.26. The molecule has 2 saturated heterocycles. The summed E-state index contributed by atoms with van der Waals surface area (Å²) in [5.41, 5.74) is 2.31. The number of benzene rings is 2. The molecule has 0 spiro atoms. The van der Waals surface area contributed by atoms with Crippen LogP contribution in [0.5, 0.6) is 5.75 Å². The second-order valence-electron chi connectivity index (χ2n) is 9.43. The van der Waals surface area contributed by atoms with E-state index >= 15 is 0 Å². The number of hydrogen-bond donors (Lipinski definition) is 1. The Kier molecular flexibility index (Phi) is 7.78. The minimum absolute atomic E-state index is 0.00423. The monoisotopic (exact) mass is 485 g/mol. The minimum Gasteiger partial charge on any atom is -0.497 e. The summed E-state index contributed by atoms with van der Waals surface area (Å²) < 4.78 is 32.4. The summed E-state index contributed by atoms with van der Waals surface area (Å²) in [6.45, 7) is 5.68. The molecule has 2 aromatic carbocycles. The van der Waals surface area contributed by atoms with Crippen LogP contribution in [-0.4, -0.2) is 51.9 Å². The number of piperidine rings is 2. The molecule has 0 aliphatic carbocycles. The predicted octanol–water partition coefficient (Wildman–Crippen LogP) is 3.65. The third-order valence-corrected chi connectivity index (χ3v) is 8.86. The van der Waals surface area contributed by atoms with Crippen LogP contribution >= 0.6 is 0 Å². The van der Waals surface area contributed by atoms with Crippen LogP contribution in [0.3, 0.4) is 0 Å². The zero-order chi connectivity index (χ0) is 24.1. The number of sulfonamides is 1. The van der Waals surface area contributed by atoms with Crippen molar-refractivity contribution >= 4 is 21.6 Å². The van der Waals surface area contributed by atoms with Gasteiger partial charge in [0.15, 0.2) is 0 Å². The van der Waals surface area contributed by atoms with Gasteiger partial charge in [-0.05, 0) is 73.6 Å². The number of hydrogen-bond acceptors (Lipinski definition) is 5. The highest BCUT2D eigenvalue weighted by molar-refractivity contribution is 7.89. The molecule has 0 bridgehead atoms. The van der Waals surface area contributed by atoms with E-state index in [0.29, 0.717) is 38.2 Å². The van der Waals surface area contributed by atoms with Gasteiger partial charge in [0.05, 0.1) is 12.0 Å². The molecule has 184 valence electrons. The van der Waals surface area contributed by atoms with E-state index in [4.69, 9.17) is 4.74 Å². The molecule has 0 unspecified atom stereocenters. The maximum absolute atomic E-state index is 12.9. The lowest BCUT2D eigenvalue weighted by Gasteiger charge is -2.33. The Morgan fingerprint density at radius 3 is 2.29 bits per heavy atom. The number of amides is 1. The van der Waals surface area contributed by atoms with Gasteiger partial charge >= 0.3 is 0 Å². The van der Waals surface area contributed by atoms with Crippen molar-refractivity contribution in [2.24, 2.45) is 11.8 Å². The average Bonchev–Trinajstić information content (AvgIpc) is 2.87. The van der Waals surface area contributed by atoms with Gasteiger partial charge in [-0.25, -0.2) is 8.42 Å². The lowest BCUT2D eigenvalue weighted by molar-refractivity contribution is -0.126. The standard InChI is InChI=1S/C26H35N3O4S/c1-20-4-3-15-28(19-20)23-7-5-21(6-8-23)18-27-26(30)22-13-16-29(17-14-22)34(31,32)25-11-9-24(33-2)10-12-25/h5-12,20,22H,3-4,13-19H2,1-2H3,(H,27,30)/t20-/m0/s1. The number of rotatable bonds is 7. The molecule has 0 saturated carbocycles. The highest BCUT2D eigenvalue weighted by Gasteiger charge is 2.32. The molecule has 2 fully saturated rings. The van der Waals surface area contributed by atoms with Crippen LogP contribution in [0.2, 0.25) is 0 Å². The highest BCUT2D eigenvalue weighted by atomic mass is 32.2. The van der Waals surface area contributed by atoms with Crippen molar-refractivity contribution in [1.29, 1.82) is 0 Å². The SMILES string of the molecule is COc1ccc(S(=O)(=O)N2CCC(C(=O)NCc3ccc(N4CCC[C@H](C)C4)cc3)CC2)cc1. The first-order chi connectivity index (χ1) is 16.4. The van der Waals surface area contributed by atoms with Crippen molar-refractivity contribution in [1.82, 2.24) is 9.62 Å². The zero-order valence-corrected chi connectivity index (χ0v) is 20.9. The Labute approximate surface area is 203 Å². The summed E-state index contributed by atoms with van der Waals surface area (Å²) in [6, 6.07) is 14.9. The molecule has 2 aromatic rings. The maximum Gasteiger partial charge on any atom is 0.243 e. The van der Waals surface area contributed by atoms with Crippen LogP contribution in [0.25, 0.3) is 0 Å². The van der Waals surface area contributed by atoms with Gasteiger partial charge in [-0.2, -0.15) is 4.31 Å². The number of nitrogens with zero attached hydrogens (tertiary/aromatic N) is 2. The first-order valence-electron chi connectivity index (χ1n) is 12.1. The Bertz CT molecular complexity index is 1060. The third kappa shape index (κ3) is 5.73. The Morgan fingerprint density at radius 2 is 1.68 bits per heavy atom. The van der Waals surface area contributed by atoms with Crippen LogP contribution in [0.4, 0.5) is 5.69 Å². The van der Waals surface area contributed by atoms with Gasteiger partial charge in [0.25, 0.3) is 0 Å². The molecule has 2 aliphatic rings. The molecule has 34 heavy (non-hydrogen) atoms. The molecule has 1 N–H and O–H groups in total. The van der Waals surface area contributed by atoms with Crippen molar-refractivity contribution in [3.8, 4) is 5.75 Å². The second kappa shape index (κ2) is 10.8. The molecular formula is C26H35N3O4S. The van der Waals surface area contributed by atoms with Crippen molar-refractivity contribution in [2.45, 2.75) is 44.0 Å².